The zero-order chi connectivity index (χ0) is 25.2. The van der Waals surface area contributed by atoms with Crippen molar-refractivity contribution < 1.29 is 4.79 Å². The Bertz CT molecular complexity index is 1460. The van der Waals surface area contributed by atoms with E-state index in [4.69, 9.17) is 16.6 Å². The van der Waals surface area contributed by atoms with E-state index in [1.807, 2.05) is 24.3 Å². The van der Waals surface area contributed by atoms with Crippen LogP contribution in [0.15, 0.2) is 58.5 Å². The van der Waals surface area contributed by atoms with Gasteiger partial charge in [0.05, 0.1) is 16.8 Å². The van der Waals surface area contributed by atoms with Crippen LogP contribution in [-0.4, -0.2) is 21.2 Å². The van der Waals surface area contributed by atoms with Crippen molar-refractivity contribution in [1.29, 1.82) is 0 Å². The molecule has 1 amide bonds. The summed E-state index contributed by atoms with van der Waals surface area (Å²) in [5.74, 6) is 0.488. The molecule has 1 aliphatic rings. The van der Waals surface area contributed by atoms with Crippen LogP contribution in [0.4, 0.5) is 5.69 Å². The zero-order valence-electron chi connectivity index (χ0n) is 20.3. The normalized spacial score (nSPS) is 14.0. The Morgan fingerprint density at radius 1 is 1.14 bits per heavy atom. The first-order chi connectivity index (χ1) is 17.4. The molecule has 0 spiro atoms. The SMILES string of the molecule is CC[C@H](C)c1ccc(NC(=O)CSc2nc3sc4c(c3c(=O)n2-c2ccc(Cl)cc2)CCCC4)cc1. The Kier molecular flexibility index (Phi) is 7.51. The van der Waals surface area contributed by atoms with E-state index in [-0.39, 0.29) is 17.2 Å². The van der Waals surface area contributed by atoms with E-state index in [9.17, 15) is 9.59 Å². The molecule has 1 aliphatic carbocycles. The van der Waals surface area contributed by atoms with Crippen molar-refractivity contribution in [3.8, 4) is 5.69 Å². The van der Waals surface area contributed by atoms with E-state index >= 15 is 0 Å². The number of thiophene rings is 1. The van der Waals surface area contributed by atoms with Crippen LogP contribution in [0.2, 0.25) is 5.02 Å². The van der Waals surface area contributed by atoms with E-state index in [1.54, 1.807) is 28.0 Å². The van der Waals surface area contributed by atoms with Gasteiger partial charge in [0.2, 0.25) is 5.91 Å². The van der Waals surface area contributed by atoms with Crippen molar-refractivity contribution in [1.82, 2.24) is 9.55 Å². The van der Waals surface area contributed by atoms with E-state index in [1.165, 1.54) is 22.2 Å². The van der Waals surface area contributed by atoms with Crippen molar-refractivity contribution in [3.63, 3.8) is 0 Å². The van der Waals surface area contributed by atoms with Gasteiger partial charge in [0.15, 0.2) is 5.16 Å². The van der Waals surface area contributed by atoms with Crippen molar-refractivity contribution in [2.24, 2.45) is 0 Å². The molecule has 186 valence electrons. The molecule has 5 rings (SSSR count). The van der Waals surface area contributed by atoms with Crippen molar-refractivity contribution in [2.45, 2.75) is 57.0 Å². The van der Waals surface area contributed by atoms with Gasteiger partial charge in [-0.1, -0.05) is 49.3 Å². The third-order valence-corrected chi connectivity index (χ3v) is 9.13. The Hall–Kier alpha value is -2.61. The molecule has 36 heavy (non-hydrogen) atoms. The summed E-state index contributed by atoms with van der Waals surface area (Å²) in [5.41, 5.74) is 3.78. The van der Waals surface area contributed by atoms with Crippen LogP contribution < -0.4 is 10.9 Å². The van der Waals surface area contributed by atoms with Crippen LogP contribution in [-0.2, 0) is 17.6 Å². The largest absolute Gasteiger partial charge is 0.325 e. The maximum absolute atomic E-state index is 13.8. The molecule has 0 bridgehead atoms. The first-order valence-corrected chi connectivity index (χ1v) is 14.5. The first-order valence-electron chi connectivity index (χ1n) is 12.3. The molecule has 0 aliphatic heterocycles. The summed E-state index contributed by atoms with van der Waals surface area (Å²) in [5, 5.41) is 4.80. The highest BCUT2D eigenvalue weighted by atomic mass is 35.5. The number of benzene rings is 2. The minimum Gasteiger partial charge on any atom is -0.325 e. The Morgan fingerprint density at radius 3 is 2.58 bits per heavy atom. The summed E-state index contributed by atoms with van der Waals surface area (Å²) in [7, 11) is 0. The lowest BCUT2D eigenvalue weighted by Gasteiger charge is -2.14. The number of nitrogens with zero attached hydrogens (tertiary/aromatic N) is 2. The third kappa shape index (κ3) is 5.10. The highest BCUT2D eigenvalue weighted by molar-refractivity contribution is 7.99. The number of halogens is 1. The number of hydrogen-bond acceptors (Lipinski definition) is 5. The van der Waals surface area contributed by atoms with Crippen molar-refractivity contribution in [2.75, 3.05) is 11.1 Å². The minimum absolute atomic E-state index is 0.0785. The standard InChI is InChI=1S/C28H28ClN3O2S2/c1-3-17(2)18-8-12-20(13-9-18)30-24(33)16-35-28-31-26-25(22-6-4-5-7-23(22)36-26)27(34)32(28)21-14-10-19(29)11-15-21/h8-15,17H,3-7,16H2,1-2H3,(H,30,33)/t17-/m0/s1. The summed E-state index contributed by atoms with van der Waals surface area (Å²) >= 11 is 9.00. The first kappa shape index (κ1) is 25.1. The van der Waals surface area contributed by atoms with E-state index < -0.39 is 0 Å². The fraction of sp³-hybridized carbons (Fsp3) is 0.321. The lowest BCUT2D eigenvalue weighted by Crippen LogP contribution is -2.23. The van der Waals surface area contributed by atoms with Crippen LogP contribution in [0.25, 0.3) is 15.9 Å². The second kappa shape index (κ2) is 10.8. The number of anilines is 1. The van der Waals surface area contributed by atoms with Gasteiger partial charge in [-0.3, -0.25) is 14.2 Å². The monoisotopic (exact) mass is 537 g/mol. The number of carbonyl (C=O) groups excluding carboxylic acids is 1. The molecule has 2 aromatic heterocycles. The molecule has 0 saturated carbocycles. The predicted molar refractivity (Wildman–Crippen MR) is 151 cm³/mol. The Morgan fingerprint density at radius 2 is 1.86 bits per heavy atom. The molecular formula is C28H28ClN3O2S2. The maximum Gasteiger partial charge on any atom is 0.267 e. The lowest BCUT2D eigenvalue weighted by molar-refractivity contribution is -0.113. The van der Waals surface area contributed by atoms with Crippen LogP contribution in [0, 0.1) is 0 Å². The van der Waals surface area contributed by atoms with Gasteiger partial charge in [-0.2, -0.15) is 0 Å². The second-order valence-corrected chi connectivity index (χ2v) is 11.6. The van der Waals surface area contributed by atoms with Crippen molar-refractivity contribution >= 4 is 56.5 Å². The number of rotatable bonds is 7. The summed E-state index contributed by atoms with van der Waals surface area (Å²) in [4.78, 5) is 33.5. The van der Waals surface area contributed by atoms with Gasteiger partial charge in [0, 0.05) is 15.6 Å². The van der Waals surface area contributed by atoms with Gasteiger partial charge in [0.25, 0.3) is 5.56 Å². The summed E-state index contributed by atoms with van der Waals surface area (Å²) in [6.07, 6.45) is 5.22. The molecule has 1 atom stereocenters. The topological polar surface area (TPSA) is 64.0 Å². The van der Waals surface area contributed by atoms with Gasteiger partial charge in [0.1, 0.15) is 4.83 Å². The highest BCUT2D eigenvalue weighted by Gasteiger charge is 2.23. The van der Waals surface area contributed by atoms with Gasteiger partial charge in [-0.05, 0) is 85.5 Å². The van der Waals surface area contributed by atoms with Crippen molar-refractivity contribution in [3.05, 3.63) is 79.9 Å². The third-order valence-electron chi connectivity index (χ3n) is 6.75. The lowest BCUT2D eigenvalue weighted by atomic mass is 9.97. The smallest absolute Gasteiger partial charge is 0.267 e. The molecular weight excluding hydrogens is 510 g/mol. The Balaban J connectivity index is 1.44. The van der Waals surface area contributed by atoms with Crippen LogP contribution in [0.3, 0.4) is 0 Å². The fourth-order valence-electron chi connectivity index (χ4n) is 4.56. The number of aryl methyl sites for hydroxylation is 2. The average Bonchev–Trinajstić information content (AvgIpc) is 3.27. The highest BCUT2D eigenvalue weighted by Crippen LogP contribution is 2.35. The second-order valence-electron chi connectivity index (χ2n) is 9.17. The van der Waals surface area contributed by atoms with Gasteiger partial charge in [-0.15, -0.1) is 11.3 Å². The molecule has 0 saturated heterocycles. The zero-order valence-corrected chi connectivity index (χ0v) is 22.7. The Labute approximate surface area is 223 Å². The molecule has 4 aromatic rings. The molecule has 2 heterocycles. The maximum atomic E-state index is 13.8. The summed E-state index contributed by atoms with van der Waals surface area (Å²) in [6, 6.07) is 15.2. The number of fused-ring (bicyclic) bond motifs is 3. The van der Waals surface area contributed by atoms with E-state index in [2.05, 4.69) is 31.3 Å². The van der Waals surface area contributed by atoms with Crippen LogP contribution in [0.5, 0.6) is 0 Å². The van der Waals surface area contributed by atoms with Crippen LogP contribution in [0.1, 0.15) is 55.0 Å². The summed E-state index contributed by atoms with van der Waals surface area (Å²) < 4.78 is 1.62. The van der Waals surface area contributed by atoms with E-state index in [0.717, 1.165) is 53.6 Å². The summed E-state index contributed by atoms with van der Waals surface area (Å²) in [6.45, 7) is 4.36. The van der Waals surface area contributed by atoms with Gasteiger partial charge in [-0.25, -0.2) is 4.98 Å². The molecule has 1 N–H and O–H groups in total. The predicted octanol–water partition coefficient (Wildman–Crippen LogP) is 7.22. The fourth-order valence-corrected chi connectivity index (χ4v) is 6.80. The number of nitrogens with one attached hydrogen (secondary N) is 1. The number of carbonyl (C=O) groups is 1. The molecule has 0 fully saturated rings. The minimum atomic E-state index is -0.140. The number of amides is 1. The van der Waals surface area contributed by atoms with E-state index in [0.29, 0.717) is 21.8 Å². The molecule has 8 heteroatoms. The van der Waals surface area contributed by atoms with Crippen LogP contribution >= 0.6 is 34.7 Å². The molecule has 5 nitrogen and oxygen atoms in total. The molecule has 2 aromatic carbocycles. The molecule has 0 unspecified atom stereocenters. The van der Waals surface area contributed by atoms with Gasteiger partial charge < -0.3 is 5.32 Å². The molecule has 0 radical (unpaired) electrons. The number of aromatic nitrogens is 2. The number of hydrogen-bond donors (Lipinski definition) is 1. The van der Waals surface area contributed by atoms with Gasteiger partial charge >= 0.3 is 0 Å². The quantitative estimate of drug-likeness (QED) is 0.199. The average molecular weight is 538 g/mol. The number of thioether (sulfide) groups is 1.